The second-order valence-corrected chi connectivity index (χ2v) is 10.3. The van der Waals surface area contributed by atoms with Crippen molar-refractivity contribution in [1.29, 1.82) is 0 Å². The number of aromatic hydroxyl groups is 1. The Kier molecular flexibility index (Phi) is 6.57. The second-order valence-electron chi connectivity index (χ2n) is 6.69. The fraction of sp³-hybridized carbons (Fsp3) is 0.250. The third-order valence-corrected chi connectivity index (χ3v) is 7.70. The molecule has 6 nitrogen and oxygen atoms in total. The summed E-state index contributed by atoms with van der Waals surface area (Å²) in [5, 5.41) is 21.7. The Labute approximate surface area is 202 Å². The first-order chi connectivity index (χ1) is 14.4. The molecule has 4 rings (SSSR count). The minimum atomic E-state index is -0.634. The van der Waals surface area contributed by atoms with E-state index in [0.29, 0.717) is 30.7 Å². The summed E-state index contributed by atoms with van der Waals surface area (Å²) < 4.78 is 1.76. The van der Waals surface area contributed by atoms with Crippen LogP contribution < -0.4 is 15.9 Å². The van der Waals surface area contributed by atoms with E-state index in [0.717, 1.165) is 28.3 Å². The Bertz CT molecular complexity index is 1190. The number of para-hydroxylation sites is 1. The average molecular weight is 617 g/mol. The number of rotatable bonds is 4. The summed E-state index contributed by atoms with van der Waals surface area (Å²) in [5.74, 6) is 0.709. The molecule has 0 spiro atoms. The molecule has 1 amide bonds. The van der Waals surface area contributed by atoms with Gasteiger partial charge in [-0.2, -0.15) is 0 Å². The fourth-order valence-electron chi connectivity index (χ4n) is 3.23. The molecule has 2 aromatic rings. The van der Waals surface area contributed by atoms with E-state index >= 15 is 0 Å². The summed E-state index contributed by atoms with van der Waals surface area (Å²) in [4.78, 5) is 18.0. The lowest BCUT2D eigenvalue weighted by molar-refractivity contribution is -0.116. The van der Waals surface area contributed by atoms with Crippen LogP contribution in [0, 0.1) is 0 Å². The first-order valence-corrected chi connectivity index (χ1v) is 12.6. The SMILES string of the molecule is CCCCSC1=NN2C(=c3ccccc3=NC2c2c(Br)cc(Br)c(O)c2Br)C(=O)N1. The maximum atomic E-state index is 13.1. The molecule has 2 heterocycles. The highest BCUT2D eigenvalue weighted by Crippen LogP contribution is 2.45. The van der Waals surface area contributed by atoms with Crippen LogP contribution in [-0.4, -0.2) is 26.9 Å². The summed E-state index contributed by atoms with van der Waals surface area (Å²) in [6.45, 7) is 2.12. The number of fused-ring (bicyclic) bond motifs is 2. The largest absolute Gasteiger partial charge is 0.506 e. The van der Waals surface area contributed by atoms with Crippen LogP contribution in [0.5, 0.6) is 5.75 Å². The van der Waals surface area contributed by atoms with Gasteiger partial charge in [0, 0.05) is 21.0 Å². The van der Waals surface area contributed by atoms with Crippen LogP contribution in [0.15, 0.2) is 53.8 Å². The normalized spacial score (nSPS) is 17.7. The Morgan fingerprint density at radius 1 is 1.23 bits per heavy atom. The zero-order valence-electron chi connectivity index (χ0n) is 15.8. The fourth-order valence-corrected chi connectivity index (χ4v) is 6.69. The Balaban J connectivity index is 1.92. The molecule has 2 aliphatic heterocycles. The highest BCUT2D eigenvalue weighted by atomic mass is 79.9. The zero-order valence-corrected chi connectivity index (χ0v) is 21.4. The van der Waals surface area contributed by atoms with Crippen LogP contribution in [-0.2, 0) is 4.79 Å². The van der Waals surface area contributed by atoms with Crippen molar-refractivity contribution in [2.45, 2.75) is 25.9 Å². The van der Waals surface area contributed by atoms with E-state index in [1.165, 1.54) is 11.8 Å². The van der Waals surface area contributed by atoms with Gasteiger partial charge in [0.1, 0.15) is 11.4 Å². The molecule has 0 saturated carbocycles. The number of carbonyl (C=O) groups is 1. The first kappa shape index (κ1) is 21.9. The number of nitrogens with zero attached hydrogens (tertiary/aromatic N) is 3. The van der Waals surface area contributed by atoms with Crippen molar-refractivity contribution in [1.82, 2.24) is 10.3 Å². The Morgan fingerprint density at radius 2 is 2.00 bits per heavy atom. The number of hydrogen-bond acceptors (Lipinski definition) is 6. The minimum Gasteiger partial charge on any atom is -0.506 e. The topological polar surface area (TPSA) is 77.3 Å². The number of phenolic OH excluding ortho intramolecular Hbond substituents is 1. The molecule has 2 aliphatic rings. The lowest BCUT2D eigenvalue weighted by atomic mass is 10.1. The smallest absolute Gasteiger partial charge is 0.276 e. The zero-order chi connectivity index (χ0) is 21.4. The first-order valence-electron chi connectivity index (χ1n) is 9.28. The molecule has 0 aromatic heterocycles. The molecule has 0 aliphatic carbocycles. The van der Waals surface area contributed by atoms with Crippen molar-refractivity contribution in [3.63, 3.8) is 0 Å². The van der Waals surface area contributed by atoms with Gasteiger partial charge in [0.2, 0.25) is 0 Å². The van der Waals surface area contributed by atoms with Crippen LogP contribution in [0.2, 0.25) is 0 Å². The predicted octanol–water partition coefficient (Wildman–Crippen LogP) is 4.36. The quantitative estimate of drug-likeness (QED) is 0.501. The standard InChI is InChI=1S/C20H17Br3N4O2S/c1-2-3-8-30-20-25-19(29)16-10-6-4-5-7-13(10)24-18(27(16)26-20)14-11(21)9-12(22)17(28)15(14)23/h4-7,9,18,28H,2-3,8H2,1H3,(H,25,26,29). The number of hydrazone groups is 1. The van der Waals surface area contributed by atoms with Crippen LogP contribution in [0.3, 0.4) is 0 Å². The van der Waals surface area contributed by atoms with Crippen LogP contribution >= 0.6 is 59.6 Å². The van der Waals surface area contributed by atoms with Crippen molar-refractivity contribution >= 4 is 76.3 Å². The summed E-state index contributed by atoms with van der Waals surface area (Å²) in [6.07, 6.45) is 1.47. The second kappa shape index (κ2) is 9.02. The van der Waals surface area contributed by atoms with E-state index in [9.17, 15) is 9.90 Å². The average Bonchev–Trinajstić information content (AvgIpc) is 2.72. The minimum absolute atomic E-state index is 0.0618. The number of amidine groups is 1. The third kappa shape index (κ3) is 3.94. The molecule has 0 bridgehead atoms. The van der Waals surface area contributed by atoms with Crippen molar-refractivity contribution < 1.29 is 9.90 Å². The maximum Gasteiger partial charge on any atom is 0.276 e. The van der Waals surface area contributed by atoms with Gasteiger partial charge in [-0.05, 0) is 50.4 Å². The highest BCUT2D eigenvalue weighted by Gasteiger charge is 2.36. The molecule has 2 N–H and O–H groups in total. The predicted molar refractivity (Wildman–Crippen MR) is 129 cm³/mol. The monoisotopic (exact) mass is 614 g/mol. The number of unbranched alkanes of at least 4 members (excludes halogenated alkanes) is 1. The van der Waals surface area contributed by atoms with Gasteiger partial charge in [0.25, 0.3) is 5.91 Å². The third-order valence-electron chi connectivity index (χ3n) is 4.69. The molecule has 0 radical (unpaired) electrons. The van der Waals surface area contributed by atoms with Gasteiger partial charge in [-0.15, -0.1) is 5.10 Å². The molecular formula is C20H17Br3N4O2S. The van der Waals surface area contributed by atoms with E-state index in [1.54, 1.807) is 11.1 Å². The van der Waals surface area contributed by atoms with Crippen LogP contribution in [0.1, 0.15) is 31.5 Å². The lowest BCUT2D eigenvalue weighted by Gasteiger charge is -2.35. The summed E-state index contributed by atoms with van der Waals surface area (Å²) in [5.41, 5.74) is 1.12. The van der Waals surface area contributed by atoms with E-state index < -0.39 is 6.17 Å². The molecule has 1 unspecified atom stereocenters. The van der Waals surface area contributed by atoms with Gasteiger partial charge in [-0.25, -0.2) is 5.01 Å². The number of hydrogen-bond donors (Lipinski definition) is 2. The van der Waals surface area contributed by atoms with Gasteiger partial charge >= 0.3 is 0 Å². The number of nitrogens with one attached hydrogen (secondary N) is 1. The van der Waals surface area contributed by atoms with E-state index in [2.05, 4.69) is 60.0 Å². The van der Waals surface area contributed by atoms with Crippen LogP contribution in [0.4, 0.5) is 0 Å². The van der Waals surface area contributed by atoms with Crippen molar-refractivity contribution in [2.75, 3.05) is 5.75 Å². The molecule has 2 aromatic carbocycles. The Hall–Kier alpha value is -1.36. The molecule has 30 heavy (non-hydrogen) atoms. The van der Waals surface area contributed by atoms with Gasteiger partial charge < -0.3 is 5.11 Å². The maximum absolute atomic E-state index is 13.1. The summed E-state index contributed by atoms with van der Waals surface area (Å²) in [6, 6.07) is 9.25. The van der Waals surface area contributed by atoms with E-state index in [4.69, 9.17) is 10.1 Å². The van der Waals surface area contributed by atoms with Crippen LogP contribution in [0.25, 0.3) is 5.70 Å². The molecular weight excluding hydrogens is 600 g/mol. The Morgan fingerprint density at radius 3 is 2.77 bits per heavy atom. The summed E-state index contributed by atoms with van der Waals surface area (Å²) in [7, 11) is 0. The highest BCUT2D eigenvalue weighted by molar-refractivity contribution is 9.11. The molecule has 156 valence electrons. The van der Waals surface area contributed by atoms with Gasteiger partial charge in [0.15, 0.2) is 11.3 Å². The molecule has 10 heteroatoms. The van der Waals surface area contributed by atoms with Gasteiger partial charge in [-0.1, -0.05) is 59.2 Å². The van der Waals surface area contributed by atoms with E-state index in [-0.39, 0.29) is 11.7 Å². The van der Waals surface area contributed by atoms with E-state index in [1.807, 2.05) is 24.3 Å². The lowest BCUT2D eigenvalue weighted by Crippen LogP contribution is -2.50. The molecule has 0 saturated heterocycles. The molecule has 0 fully saturated rings. The number of halogens is 3. The van der Waals surface area contributed by atoms with Gasteiger partial charge in [-0.3, -0.25) is 15.1 Å². The number of amides is 1. The van der Waals surface area contributed by atoms with Crippen molar-refractivity contribution in [3.05, 3.63) is 59.9 Å². The van der Waals surface area contributed by atoms with Crippen molar-refractivity contribution in [2.24, 2.45) is 10.1 Å². The number of thioether (sulfide) groups is 1. The summed E-state index contributed by atoms with van der Waals surface area (Å²) >= 11 is 11.9. The number of phenols is 1. The van der Waals surface area contributed by atoms with Gasteiger partial charge in [0.05, 0.1) is 14.3 Å². The molecule has 1 atom stereocenters. The number of carbonyl (C=O) groups excluding carboxylic acids is 1. The number of benzene rings is 2. The van der Waals surface area contributed by atoms with Crippen molar-refractivity contribution in [3.8, 4) is 5.75 Å².